The number of oxime groups is 1. The number of nitro groups is 1. The van der Waals surface area contributed by atoms with Crippen molar-refractivity contribution in [1.82, 2.24) is 5.16 Å². The van der Waals surface area contributed by atoms with E-state index < -0.39 is 4.92 Å². The summed E-state index contributed by atoms with van der Waals surface area (Å²) in [7, 11) is 1.37. The van der Waals surface area contributed by atoms with Crippen LogP contribution in [0.3, 0.4) is 0 Å². The fourth-order valence-electron chi connectivity index (χ4n) is 1.45. The predicted octanol–water partition coefficient (Wildman–Crippen LogP) is 1.55. The molecule has 0 spiro atoms. The molecule has 0 aliphatic heterocycles. The highest BCUT2D eigenvalue weighted by molar-refractivity contribution is 6.00. The van der Waals surface area contributed by atoms with E-state index in [9.17, 15) is 10.1 Å². The zero-order valence-electron chi connectivity index (χ0n) is 8.65. The third-order valence-corrected chi connectivity index (χ3v) is 2.16. The summed E-state index contributed by atoms with van der Waals surface area (Å²) in [6, 6.07) is 2.47. The number of fused-ring (bicyclic) bond motifs is 1. The Morgan fingerprint density at radius 3 is 3.00 bits per heavy atom. The van der Waals surface area contributed by atoms with Crippen molar-refractivity contribution in [1.29, 1.82) is 0 Å². The molecule has 0 saturated carbocycles. The Hall–Kier alpha value is -2.64. The topological polar surface area (TPSA) is 111 Å². The minimum Gasteiger partial charge on any atom is -0.496 e. The number of non-ortho nitro benzene ring substituents is 1. The minimum absolute atomic E-state index is 0.169. The number of methoxy groups -OCH3 is 1. The molecule has 1 heterocycles. The number of ether oxygens (including phenoxy) is 1. The molecule has 17 heavy (non-hydrogen) atoms. The van der Waals surface area contributed by atoms with E-state index in [1.54, 1.807) is 0 Å². The smallest absolute Gasteiger partial charge is 0.277 e. The standard InChI is InChI=1S/C9H7N3O5/c1-16-7-2-5(12(14)15)3-8-9(7)6(4-10-13)11-17-8/h2-4,13H,1H3/b10-4+. The SMILES string of the molecule is COc1cc([N+](=O)[O-])cc2onc(/C=N/O)c12. The van der Waals surface area contributed by atoms with Crippen LogP contribution in [0.2, 0.25) is 0 Å². The molecule has 8 nitrogen and oxygen atoms in total. The first-order valence-electron chi connectivity index (χ1n) is 4.46. The molecule has 0 saturated heterocycles. The summed E-state index contributed by atoms with van der Waals surface area (Å²) in [6.07, 6.45) is 1.06. The average Bonchev–Trinajstić information content (AvgIpc) is 2.72. The van der Waals surface area contributed by atoms with Gasteiger partial charge in [0.05, 0.1) is 35.8 Å². The first kappa shape index (κ1) is 10.9. The molecule has 0 atom stereocenters. The van der Waals surface area contributed by atoms with Crippen molar-refractivity contribution in [2.75, 3.05) is 7.11 Å². The zero-order valence-corrected chi connectivity index (χ0v) is 8.65. The monoisotopic (exact) mass is 237 g/mol. The van der Waals surface area contributed by atoms with Gasteiger partial charge in [0, 0.05) is 0 Å². The Morgan fingerprint density at radius 1 is 1.65 bits per heavy atom. The molecule has 1 aromatic carbocycles. The summed E-state index contributed by atoms with van der Waals surface area (Å²) < 4.78 is 9.91. The molecular weight excluding hydrogens is 230 g/mol. The molecule has 0 aliphatic rings. The number of hydrogen-bond acceptors (Lipinski definition) is 7. The van der Waals surface area contributed by atoms with Crippen LogP contribution in [0.4, 0.5) is 5.69 Å². The van der Waals surface area contributed by atoms with Gasteiger partial charge in [0.2, 0.25) is 0 Å². The van der Waals surface area contributed by atoms with Crippen molar-refractivity contribution >= 4 is 22.9 Å². The lowest BCUT2D eigenvalue weighted by Gasteiger charge is -2.00. The minimum atomic E-state index is -0.565. The number of nitro benzene ring substituents is 1. The van der Waals surface area contributed by atoms with Gasteiger partial charge < -0.3 is 14.5 Å². The highest BCUT2D eigenvalue weighted by atomic mass is 16.6. The summed E-state index contributed by atoms with van der Waals surface area (Å²) in [5.41, 5.74) is 0.248. The highest BCUT2D eigenvalue weighted by Gasteiger charge is 2.18. The van der Waals surface area contributed by atoms with Crippen molar-refractivity contribution in [2.45, 2.75) is 0 Å². The van der Waals surface area contributed by atoms with Gasteiger partial charge in [-0.05, 0) is 0 Å². The van der Waals surface area contributed by atoms with Gasteiger partial charge in [0.1, 0.15) is 11.4 Å². The van der Waals surface area contributed by atoms with E-state index in [-0.39, 0.29) is 22.7 Å². The van der Waals surface area contributed by atoms with Crippen molar-refractivity contribution in [3.63, 3.8) is 0 Å². The van der Waals surface area contributed by atoms with Gasteiger partial charge in [-0.2, -0.15) is 0 Å². The molecule has 1 N–H and O–H groups in total. The van der Waals surface area contributed by atoms with Crippen LogP contribution in [-0.2, 0) is 0 Å². The van der Waals surface area contributed by atoms with Crippen LogP contribution in [0, 0.1) is 10.1 Å². The second-order valence-corrected chi connectivity index (χ2v) is 3.09. The van der Waals surface area contributed by atoms with Gasteiger partial charge in [-0.3, -0.25) is 10.1 Å². The summed E-state index contributed by atoms with van der Waals surface area (Å²) >= 11 is 0. The Balaban J connectivity index is 2.75. The van der Waals surface area contributed by atoms with E-state index in [0.717, 1.165) is 6.21 Å². The van der Waals surface area contributed by atoms with Crippen LogP contribution in [0.1, 0.15) is 5.69 Å². The van der Waals surface area contributed by atoms with Crippen LogP contribution < -0.4 is 4.74 Å². The van der Waals surface area contributed by atoms with Gasteiger partial charge in [-0.1, -0.05) is 10.3 Å². The number of hydrogen-bond donors (Lipinski definition) is 1. The fourth-order valence-corrected chi connectivity index (χ4v) is 1.45. The third-order valence-electron chi connectivity index (χ3n) is 2.16. The molecular formula is C9H7N3O5. The zero-order chi connectivity index (χ0) is 12.4. The maximum Gasteiger partial charge on any atom is 0.277 e. The lowest BCUT2D eigenvalue weighted by Crippen LogP contribution is -1.92. The number of aromatic nitrogens is 1. The molecule has 0 amide bonds. The fraction of sp³-hybridized carbons (Fsp3) is 0.111. The van der Waals surface area contributed by atoms with E-state index in [1.807, 2.05) is 0 Å². The summed E-state index contributed by atoms with van der Waals surface area (Å²) in [5, 5.41) is 26.0. The van der Waals surface area contributed by atoms with Gasteiger partial charge >= 0.3 is 0 Å². The Labute approximate surface area is 94.2 Å². The van der Waals surface area contributed by atoms with Crippen LogP contribution in [0.15, 0.2) is 21.8 Å². The lowest BCUT2D eigenvalue weighted by molar-refractivity contribution is -0.384. The normalized spacial score (nSPS) is 11.1. The van der Waals surface area contributed by atoms with Gasteiger partial charge in [0.25, 0.3) is 5.69 Å². The van der Waals surface area contributed by atoms with Crippen LogP contribution in [-0.4, -0.2) is 28.6 Å². The molecule has 0 aliphatic carbocycles. The predicted molar refractivity (Wildman–Crippen MR) is 56.6 cm³/mol. The van der Waals surface area contributed by atoms with Crippen molar-refractivity contribution in [3.8, 4) is 5.75 Å². The van der Waals surface area contributed by atoms with Crippen LogP contribution in [0.25, 0.3) is 11.0 Å². The number of rotatable bonds is 3. The van der Waals surface area contributed by atoms with E-state index in [1.165, 1.54) is 19.2 Å². The Morgan fingerprint density at radius 2 is 2.41 bits per heavy atom. The first-order chi connectivity index (χ1) is 8.17. The van der Waals surface area contributed by atoms with Crippen molar-refractivity contribution in [3.05, 3.63) is 27.9 Å². The molecule has 2 rings (SSSR count). The summed E-state index contributed by atoms with van der Waals surface area (Å²) in [5.74, 6) is 0.227. The van der Waals surface area contributed by atoms with Crippen LogP contribution >= 0.6 is 0 Å². The Kier molecular flexibility index (Phi) is 2.61. The Bertz CT molecular complexity index is 604. The molecule has 88 valence electrons. The van der Waals surface area contributed by atoms with E-state index in [4.69, 9.17) is 14.5 Å². The maximum atomic E-state index is 10.7. The molecule has 2 aromatic rings. The molecule has 1 aromatic heterocycles. The number of nitrogens with zero attached hydrogens (tertiary/aromatic N) is 3. The second-order valence-electron chi connectivity index (χ2n) is 3.09. The summed E-state index contributed by atoms with van der Waals surface area (Å²) in [6.45, 7) is 0. The molecule has 0 fully saturated rings. The van der Waals surface area contributed by atoms with E-state index >= 15 is 0 Å². The van der Waals surface area contributed by atoms with E-state index in [0.29, 0.717) is 5.39 Å². The van der Waals surface area contributed by atoms with E-state index in [2.05, 4.69) is 10.3 Å². The van der Waals surface area contributed by atoms with Crippen molar-refractivity contribution in [2.24, 2.45) is 5.16 Å². The van der Waals surface area contributed by atoms with Crippen molar-refractivity contribution < 1.29 is 19.4 Å². The first-order valence-corrected chi connectivity index (χ1v) is 4.46. The van der Waals surface area contributed by atoms with Gasteiger partial charge in [-0.15, -0.1) is 0 Å². The highest BCUT2D eigenvalue weighted by Crippen LogP contribution is 2.32. The largest absolute Gasteiger partial charge is 0.496 e. The third kappa shape index (κ3) is 1.75. The molecule has 8 heteroatoms. The molecule has 0 bridgehead atoms. The van der Waals surface area contributed by atoms with Crippen LogP contribution in [0.5, 0.6) is 5.75 Å². The van der Waals surface area contributed by atoms with Gasteiger partial charge in [-0.25, -0.2) is 0 Å². The quantitative estimate of drug-likeness (QED) is 0.375. The number of benzene rings is 1. The average molecular weight is 237 g/mol. The lowest BCUT2D eigenvalue weighted by atomic mass is 10.2. The summed E-state index contributed by atoms with van der Waals surface area (Å²) in [4.78, 5) is 10.1. The maximum absolute atomic E-state index is 10.7. The van der Waals surface area contributed by atoms with Gasteiger partial charge in [0.15, 0.2) is 5.58 Å². The second kappa shape index (κ2) is 4.08. The molecule has 0 unspecified atom stereocenters. The molecule has 0 radical (unpaired) electrons.